The van der Waals surface area contributed by atoms with Crippen LogP contribution in [0, 0.1) is 17.4 Å². The molecule has 53 valence electrons. The lowest BCUT2D eigenvalue weighted by atomic mass is 10.2. The summed E-state index contributed by atoms with van der Waals surface area (Å²) in [4.78, 5) is 0. The molecule has 0 unspecified atom stereocenters. The van der Waals surface area contributed by atoms with E-state index in [1.807, 2.05) is 0 Å². The van der Waals surface area contributed by atoms with Crippen molar-refractivity contribution in [3.63, 3.8) is 0 Å². The molecule has 0 heterocycles. The van der Waals surface area contributed by atoms with Gasteiger partial charge in [0.15, 0.2) is 0 Å². The molecule has 0 aliphatic heterocycles. The fourth-order valence-electron chi connectivity index (χ4n) is 0.686. The third-order valence-corrected chi connectivity index (χ3v) is 1.20. The van der Waals surface area contributed by atoms with Gasteiger partial charge in [-0.3, -0.25) is 0 Å². The first-order valence-electron chi connectivity index (χ1n) is 3.10. The molecule has 1 aromatic carbocycles. The summed E-state index contributed by atoms with van der Waals surface area (Å²) in [6.07, 6.45) is 3.94. The molecule has 2 heteroatoms. The SMILES string of the molecule is N#C[C]=Cc1ccc(O)cc1. The van der Waals surface area contributed by atoms with Gasteiger partial charge >= 0.3 is 0 Å². The van der Waals surface area contributed by atoms with Crippen LogP contribution in [-0.4, -0.2) is 5.11 Å². The van der Waals surface area contributed by atoms with Crippen LogP contribution in [-0.2, 0) is 0 Å². The molecule has 1 N–H and O–H groups in total. The normalized spacial score (nSPS) is 9.73. The van der Waals surface area contributed by atoms with Crippen molar-refractivity contribution in [2.24, 2.45) is 0 Å². The molecule has 0 amide bonds. The van der Waals surface area contributed by atoms with E-state index in [2.05, 4.69) is 6.08 Å². The smallest absolute Gasteiger partial charge is 0.115 e. The van der Waals surface area contributed by atoms with Gasteiger partial charge in [0.1, 0.15) is 11.8 Å². The van der Waals surface area contributed by atoms with Crippen molar-refractivity contribution in [1.82, 2.24) is 0 Å². The molecule has 2 nitrogen and oxygen atoms in total. The Morgan fingerprint density at radius 2 is 1.91 bits per heavy atom. The molecule has 1 rings (SSSR count). The van der Waals surface area contributed by atoms with Crippen molar-refractivity contribution in [3.05, 3.63) is 35.9 Å². The van der Waals surface area contributed by atoms with Crippen LogP contribution in [0.4, 0.5) is 0 Å². The van der Waals surface area contributed by atoms with Gasteiger partial charge < -0.3 is 5.11 Å². The third kappa shape index (κ3) is 2.15. The maximum Gasteiger partial charge on any atom is 0.115 e. The zero-order valence-corrected chi connectivity index (χ0v) is 5.78. The Labute approximate surface area is 65.0 Å². The van der Waals surface area contributed by atoms with E-state index >= 15 is 0 Å². The van der Waals surface area contributed by atoms with E-state index in [4.69, 9.17) is 10.4 Å². The van der Waals surface area contributed by atoms with E-state index < -0.39 is 0 Å². The summed E-state index contributed by atoms with van der Waals surface area (Å²) in [5.74, 6) is 0.221. The molecule has 0 aliphatic rings. The summed E-state index contributed by atoms with van der Waals surface area (Å²) in [7, 11) is 0. The van der Waals surface area contributed by atoms with Gasteiger partial charge in [-0.25, -0.2) is 0 Å². The van der Waals surface area contributed by atoms with Crippen LogP contribution in [0.3, 0.4) is 0 Å². The number of phenolic OH excluding ortho intramolecular Hbond substituents is 1. The monoisotopic (exact) mass is 144 g/mol. The fourth-order valence-corrected chi connectivity index (χ4v) is 0.686. The van der Waals surface area contributed by atoms with Gasteiger partial charge in [-0.1, -0.05) is 12.1 Å². The number of hydrogen-bond acceptors (Lipinski definition) is 2. The number of nitriles is 1. The van der Waals surface area contributed by atoms with E-state index in [0.29, 0.717) is 0 Å². The molecule has 0 fully saturated rings. The number of aromatic hydroxyl groups is 1. The standard InChI is InChI=1S/C9H6NO/c10-7-1-2-8-3-5-9(11)6-4-8/h2-6,11H. The maximum atomic E-state index is 8.88. The van der Waals surface area contributed by atoms with Gasteiger partial charge in [0.2, 0.25) is 0 Å². The lowest BCUT2D eigenvalue weighted by molar-refractivity contribution is 0.475. The quantitative estimate of drug-likeness (QED) is 0.610. The Balaban J connectivity index is 2.84. The highest BCUT2D eigenvalue weighted by atomic mass is 16.3. The predicted octanol–water partition coefficient (Wildman–Crippen LogP) is 1.73. The zero-order chi connectivity index (χ0) is 8.10. The first-order valence-corrected chi connectivity index (χ1v) is 3.10. The lowest BCUT2D eigenvalue weighted by Crippen LogP contribution is -1.69. The molecule has 0 aromatic heterocycles. The minimum Gasteiger partial charge on any atom is -0.508 e. The average Bonchev–Trinajstić information content (AvgIpc) is 2.04. The van der Waals surface area contributed by atoms with E-state index in [-0.39, 0.29) is 5.75 Å². The molecule has 0 aliphatic carbocycles. The van der Waals surface area contributed by atoms with Crippen LogP contribution in [0.2, 0.25) is 0 Å². The van der Waals surface area contributed by atoms with E-state index in [1.54, 1.807) is 36.4 Å². The summed E-state index contributed by atoms with van der Waals surface area (Å²) in [5, 5.41) is 17.0. The van der Waals surface area contributed by atoms with Gasteiger partial charge in [0, 0.05) is 0 Å². The number of hydrogen-bond donors (Lipinski definition) is 1. The molecule has 1 aromatic rings. The first kappa shape index (κ1) is 7.36. The summed E-state index contributed by atoms with van der Waals surface area (Å²) in [6, 6.07) is 8.30. The van der Waals surface area contributed by atoms with Crippen LogP contribution >= 0.6 is 0 Å². The number of nitrogens with zero attached hydrogens (tertiary/aromatic N) is 1. The minimum absolute atomic E-state index is 0.221. The molecule has 0 saturated carbocycles. The van der Waals surface area contributed by atoms with Crippen LogP contribution in [0.1, 0.15) is 5.56 Å². The topological polar surface area (TPSA) is 44.0 Å². The van der Waals surface area contributed by atoms with Crippen molar-refractivity contribution in [3.8, 4) is 11.8 Å². The molecule has 11 heavy (non-hydrogen) atoms. The van der Waals surface area contributed by atoms with Gasteiger partial charge in [-0.05, 0) is 23.8 Å². The van der Waals surface area contributed by atoms with Gasteiger partial charge in [-0.2, -0.15) is 5.26 Å². The van der Waals surface area contributed by atoms with E-state index in [0.717, 1.165) is 5.56 Å². The highest BCUT2D eigenvalue weighted by Gasteiger charge is 1.86. The van der Waals surface area contributed by atoms with Crippen molar-refractivity contribution < 1.29 is 5.11 Å². The van der Waals surface area contributed by atoms with Gasteiger partial charge in [0.25, 0.3) is 0 Å². The molecule has 0 bridgehead atoms. The van der Waals surface area contributed by atoms with Crippen molar-refractivity contribution in [2.75, 3.05) is 0 Å². The Bertz CT molecular complexity index is 292. The number of rotatable bonds is 1. The highest BCUT2D eigenvalue weighted by Crippen LogP contribution is 2.10. The average molecular weight is 144 g/mol. The van der Waals surface area contributed by atoms with Crippen molar-refractivity contribution in [2.45, 2.75) is 0 Å². The second-order valence-corrected chi connectivity index (χ2v) is 1.99. The lowest BCUT2D eigenvalue weighted by Gasteiger charge is -1.91. The summed E-state index contributed by atoms with van der Waals surface area (Å²) >= 11 is 0. The van der Waals surface area contributed by atoms with E-state index in [9.17, 15) is 0 Å². The second-order valence-electron chi connectivity index (χ2n) is 1.99. The maximum absolute atomic E-state index is 8.88. The van der Waals surface area contributed by atoms with Crippen molar-refractivity contribution in [1.29, 1.82) is 5.26 Å². The zero-order valence-electron chi connectivity index (χ0n) is 5.78. The molecule has 0 saturated heterocycles. The Hall–Kier alpha value is -1.75. The molecular weight excluding hydrogens is 138 g/mol. The molecule has 0 atom stereocenters. The van der Waals surface area contributed by atoms with Crippen LogP contribution < -0.4 is 0 Å². The van der Waals surface area contributed by atoms with Crippen LogP contribution in [0.25, 0.3) is 6.08 Å². The van der Waals surface area contributed by atoms with Gasteiger partial charge in [0.05, 0.1) is 6.08 Å². The summed E-state index contributed by atoms with van der Waals surface area (Å²) < 4.78 is 0. The van der Waals surface area contributed by atoms with Crippen LogP contribution in [0.15, 0.2) is 24.3 Å². The summed E-state index contributed by atoms with van der Waals surface area (Å²) in [5.41, 5.74) is 0.851. The van der Waals surface area contributed by atoms with Crippen LogP contribution in [0.5, 0.6) is 5.75 Å². The largest absolute Gasteiger partial charge is 0.508 e. The Kier molecular flexibility index (Phi) is 2.29. The van der Waals surface area contributed by atoms with E-state index in [1.165, 1.54) is 0 Å². The number of phenols is 1. The molecule has 0 spiro atoms. The molecule has 1 radical (unpaired) electrons. The predicted molar refractivity (Wildman–Crippen MR) is 41.4 cm³/mol. The summed E-state index contributed by atoms with van der Waals surface area (Å²) in [6.45, 7) is 0. The minimum atomic E-state index is 0.221. The highest BCUT2D eigenvalue weighted by molar-refractivity contribution is 5.50. The van der Waals surface area contributed by atoms with Gasteiger partial charge in [-0.15, -0.1) is 0 Å². The fraction of sp³-hybridized carbons (Fsp3) is 0. The number of benzene rings is 1. The Morgan fingerprint density at radius 3 is 2.45 bits per heavy atom. The third-order valence-electron chi connectivity index (χ3n) is 1.20. The van der Waals surface area contributed by atoms with Crippen molar-refractivity contribution >= 4 is 6.08 Å². The second kappa shape index (κ2) is 3.43. The Morgan fingerprint density at radius 1 is 1.27 bits per heavy atom. The molecular formula is C9H6NO. The number of allylic oxidation sites excluding steroid dienone is 1. The first-order chi connectivity index (χ1) is 5.33.